The van der Waals surface area contributed by atoms with Crippen LogP contribution in [0.25, 0.3) is 11.2 Å². The molecule has 7 heteroatoms. The lowest BCUT2D eigenvalue weighted by molar-refractivity contribution is 0.488. The fourth-order valence-electron chi connectivity index (χ4n) is 2.95. The summed E-state index contributed by atoms with van der Waals surface area (Å²) in [6.07, 6.45) is 9.54. The van der Waals surface area contributed by atoms with E-state index in [1.54, 1.807) is 12.5 Å². The van der Waals surface area contributed by atoms with Crippen molar-refractivity contribution in [1.82, 2.24) is 29.5 Å². The molecule has 3 aromatic heterocycles. The van der Waals surface area contributed by atoms with Crippen molar-refractivity contribution < 1.29 is 0 Å². The van der Waals surface area contributed by atoms with Gasteiger partial charge in [0.15, 0.2) is 5.65 Å². The molecule has 4 rings (SSSR count). The number of nitrogens with zero attached hydrogens (tertiary/aromatic N) is 6. The van der Waals surface area contributed by atoms with Crippen molar-refractivity contribution >= 4 is 17.1 Å². The van der Waals surface area contributed by atoms with Crippen LogP contribution in [-0.2, 0) is 7.05 Å². The van der Waals surface area contributed by atoms with E-state index in [-0.39, 0.29) is 0 Å². The van der Waals surface area contributed by atoms with E-state index in [1.807, 2.05) is 24.0 Å². The number of aromatic nitrogens is 6. The highest BCUT2D eigenvalue weighted by molar-refractivity contribution is 5.70. The number of fused-ring (bicyclic) bond motifs is 1. The van der Waals surface area contributed by atoms with Crippen LogP contribution >= 0.6 is 0 Å². The SMILES string of the molecule is Cn1cnc2cnc(N3CCCC(c4ncc[nH]4)C3)nc21. The molecule has 1 aliphatic heterocycles. The van der Waals surface area contributed by atoms with E-state index < -0.39 is 0 Å². The van der Waals surface area contributed by atoms with Crippen LogP contribution in [0.2, 0.25) is 0 Å². The quantitative estimate of drug-likeness (QED) is 0.771. The van der Waals surface area contributed by atoms with Gasteiger partial charge < -0.3 is 14.5 Å². The molecule has 0 spiro atoms. The number of anilines is 1. The molecule has 1 saturated heterocycles. The molecule has 0 amide bonds. The fraction of sp³-hybridized carbons (Fsp3) is 0.429. The molecule has 1 aliphatic rings. The van der Waals surface area contributed by atoms with Gasteiger partial charge in [-0.25, -0.2) is 15.0 Å². The molecule has 3 aromatic rings. The highest BCUT2D eigenvalue weighted by Gasteiger charge is 2.24. The molecule has 108 valence electrons. The zero-order valence-electron chi connectivity index (χ0n) is 11.9. The Morgan fingerprint density at radius 3 is 3.10 bits per heavy atom. The van der Waals surface area contributed by atoms with E-state index in [2.05, 4.69) is 29.8 Å². The van der Waals surface area contributed by atoms with Crippen LogP contribution in [0.3, 0.4) is 0 Å². The first-order valence-corrected chi connectivity index (χ1v) is 7.19. The van der Waals surface area contributed by atoms with Gasteiger partial charge in [0.1, 0.15) is 11.3 Å². The second-order valence-corrected chi connectivity index (χ2v) is 5.49. The van der Waals surface area contributed by atoms with E-state index in [9.17, 15) is 0 Å². The average molecular weight is 283 g/mol. The van der Waals surface area contributed by atoms with Crippen molar-refractivity contribution in [3.05, 3.63) is 30.7 Å². The number of piperidine rings is 1. The molecule has 0 aromatic carbocycles. The summed E-state index contributed by atoms with van der Waals surface area (Å²) < 4.78 is 1.93. The third-order valence-corrected chi connectivity index (χ3v) is 4.05. The lowest BCUT2D eigenvalue weighted by Crippen LogP contribution is -2.36. The molecule has 0 saturated carbocycles. The van der Waals surface area contributed by atoms with Gasteiger partial charge in [-0.2, -0.15) is 4.98 Å². The molecule has 0 radical (unpaired) electrons. The van der Waals surface area contributed by atoms with Gasteiger partial charge in [0.25, 0.3) is 0 Å². The van der Waals surface area contributed by atoms with Crippen LogP contribution in [0.5, 0.6) is 0 Å². The Morgan fingerprint density at radius 1 is 1.29 bits per heavy atom. The molecule has 7 nitrogen and oxygen atoms in total. The van der Waals surface area contributed by atoms with Gasteiger partial charge >= 0.3 is 0 Å². The summed E-state index contributed by atoms with van der Waals surface area (Å²) in [7, 11) is 1.95. The lowest BCUT2D eigenvalue weighted by atomic mass is 9.98. The molecule has 1 unspecified atom stereocenters. The van der Waals surface area contributed by atoms with E-state index in [1.165, 1.54) is 0 Å². The maximum atomic E-state index is 4.66. The Hall–Kier alpha value is -2.44. The van der Waals surface area contributed by atoms with E-state index in [0.29, 0.717) is 5.92 Å². The standard InChI is InChI=1S/C14H17N7/c1-20-9-18-11-7-17-14(19-13(11)20)21-6-2-3-10(8-21)12-15-4-5-16-12/h4-5,7,9-10H,2-3,6,8H2,1H3,(H,15,16). The third-order valence-electron chi connectivity index (χ3n) is 4.05. The van der Waals surface area contributed by atoms with Crippen molar-refractivity contribution in [2.45, 2.75) is 18.8 Å². The van der Waals surface area contributed by atoms with Gasteiger partial charge in [-0.15, -0.1) is 0 Å². The number of aryl methyl sites for hydroxylation is 1. The van der Waals surface area contributed by atoms with E-state index >= 15 is 0 Å². The highest BCUT2D eigenvalue weighted by atomic mass is 15.3. The first-order valence-electron chi connectivity index (χ1n) is 7.19. The van der Waals surface area contributed by atoms with Crippen molar-refractivity contribution in [2.75, 3.05) is 18.0 Å². The number of nitrogens with one attached hydrogen (secondary N) is 1. The normalized spacial score (nSPS) is 19.3. The highest BCUT2D eigenvalue weighted by Crippen LogP contribution is 2.26. The number of hydrogen-bond donors (Lipinski definition) is 1. The largest absolute Gasteiger partial charge is 0.348 e. The number of imidazole rings is 2. The Morgan fingerprint density at radius 2 is 2.24 bits per heavy atom. The molecule has 4 heterocycles. The molecule has 0 aliphatic carbocycles. The summed E-state index contributed by atoms with van der Waals surface area (Å²) in [4.78, 5) is 23.2. The zero-order chi connectivity index (χ0) is 14.2. The Balaban J connectivity index is 1.63. The van der Waals surface area contributed by atoms with Gasteiger partial charge in [0.2, 0.25) is 5.95 Å². The Labute approximate surface area is 122 Å². The van der Waals surface area contributed by atoms with Crippen molar-refractivity contribution in [1.29, 1.82) is 0 Å². The van der Waals surface area contributed by atoms with Crippen LogP contribution in [0.1, 0.15) is 24.6 Å². The zero-order valence-corrected chi connectivity index (χ0v) is 11.9. The topological polar surface area (TPSA) is 75.5 Å². The summed E-state index contributed by atoms with van der Waals surface area (Å²) in [6.45, 7) is 1.89. The summed E-state index contributed by atoms with van der Waals surface area (Å²) in [5.74, 6) is 2.25. The predicted molar refractivity (Wildman–Crippen MR) is 79.1 cm³/mol. The smallest absolute Gasteiger partial charge is 0.227 e. The molecular weight excluding hydrogens is 266 g/mol. The molecular formula is C14H17N7. The molecule has 1 fully saturated rings. The van der Waals surface area contributed by atoms with Crippen LogP contribution in [-0.4, -0.2) is 42.6 Å². The van der Waals surface area contributed by atoms with Crippen molar-refractivity contribution in [3.63, 3.8) is 0 Å². The number of aromatic amines is 1. The summed E-state index contributed by atoms with van der Waals surface area (Å²) in [5.41, 5.74) is 1.71. The first kappa shape index (κ1) is 12.3. The lowest BCUT2D eigenvalue weighted by Gasteiger charge is -2.31. The molecule has 21 heavy (non-hydrogen) atoms. The first-order chi connectivity index (χ1) is 10.3. The van der Waals surface area contributed by atoms with Crippen LogP contribution in [0, 0.1) is 0 Å². The van der Waals surface area contributed by atoms with Crippen molar-refractivity contribution in [3.8, 4) is 0 Å². The predicted octanol–water partition coefficient (Wildman–Crippen LogP) is 1.47. The minimum absolute atomic E-state index is 0.416. The van der Waals surface area contributed by atoms with Gasteiger partial charge in [-0.3, -0.25) is 0 Å². The van der Waals surface area contributed by atoms with Crippen molar-refractivity contribution in [2.24, 2.45) is 7.05 Å². The van der Waals surface area contributed by atoms with Gasteiger partial charge in [0, 0.05) is 38.4 Å². The molecule has 1 atom stereocenters. The average Bonchev–Trinajstić information content (AvgIpc) is 3.18. The minimum atomic E-state index is 0.416. The summed E-state index contributed by atoms with van der Waals surface area (Å²) in [5, 5.41) is 0. The number of H-pyrrole nitrogens is 1. The summed E-state index contributed by atoms with van der Waals surface area (Å²) in [6, 6.07) is 0. The summed E-state index contributed by atoms with van der Waals surface area (Å²) >= 11 is 0. The van der Waals surface area contributed by atoms with Gasteiger partial charge in [0.05, 0.1) is 12.5 Å². The molecule has 0 bridgehead atoms. The Kier molecular flexibility index (Phi) is 2.83. The minimum Gasteiger partial charge on any atom is -0.348 e. The molecule has 1 N–H and O–H groups in total. The van der Waals surface area contributed by atoms with E-state index in [4.69, 9.17) is 0 Å². The maximum Gasteiger partial charge on any atom is 0.227 e. The second-order valence-electron chi connectivity index (χ2n) is 5.49. The fourth-order valence-corrected chi connectivity index (χ4v) is 2.95. The number of rotatable bonds is 2. The number of hydrogen-bond acceptors (Lipinski definition) is 5. The third kappa shape index (κ3) is 2.14. The van der Waals surface area contributed by atoms with Gasteiger partial charge in [-0.05, 0) is 12.8 Å². The van der Waals surface area contributed by atoms with Crippen LogP contribution in [0.4, 0.5) is 5.95 Å². The van der Waals surface area contributed by atoms with Gasteiger partial charge in [-0.1, -0.05) is 0 Å². The van der Waals surface area contributed by atoms with Crippen LogP contribution in [0.15, 0.2) is 24.9 Å². The van der Waals surface area contributed by atoms with E-state index in [0.717, 1.165) is 48.9 Å². The maximum absolute atomic E-state index is 4.66. The second kappa shape index (κ2) is 4.83. The monoisotopic (exact) mass is 283 g/mol. The van der Waals surface area contributed by atoms with Crippen LogP contribution < -0.4 is 4.90 Å². The Bertz CT molecular complexity index is 746.